The number of ether oxygens (including phenoxy) is 1. The van der Waals surface area contributed by atoms with Crippen molar-refractivity contribution in [2.24, 2.45) is 0 Å². The molecule has 3 heteroatoms. The average Bonchev–Trinajstić information content (AvgIpc) is 2.11. The maximum Gasteiger partial charge on any atom is 0.161 e. The molecule has 0 fully saturated rings. The molecule has 0 bridgehead atoms. The number of anilines is 1. The van der Waals surface area contributed by atoms with Crippen LogP contribution in [0, 0.1) is 0 Å². The van der Waals surface area contributed by atoms with E-state index in [-0.39, 0.29) is 6.10 Å². The monoisotopic (exact) mass is 199 g/mol. The Bertz CT molecular complexity index is 268. The summed E-state index contributed by atoms with van der Waals surface area (Å²) in [6, 6.07) is 5.36. The lowest BCUT2D eigenvalue weighted by molar-refractivity contribution is 0.219. The summed E-state index contributed by atoms with van der Waals surface area (Å²) in [6.45, 7) is 4.04. The molecule has 0 heterocycles. The van der Waals surface area contributed by atoms with Crippen LogP contribution in [0.15, 0.2) is 18.2 Å². The Balaban J connectivity index is 2.87. The van der Waals surface area contributed by atoms with Crippen LogP contribution in [0.3, 0.4) is 0 Å². The minimum absolute atomic E-state index is 0.141. The van der Waals surface area contributed by atoms with Crippen LogP contribution in [0.1, 0.15) is 20.3 Å². The number of hydrogen-bond acceptors (Lipinski definition) is 2. The van der Waals surface area contributed by atoms with E-state index in [9.17, 15) is 0 Å². The zero-order valence-corrected chi connectivity index (χ0v) is 8.64. The molecule has 0 saturated heterocycles. The Labute approximate surface area is 83.6 Å². The Hall–Kier alpha value is -0.890. The average molecular weight is 200 g/mol. The van der Waals surface area contributed by atoms with Gasteiger partial charge in [-0.15, -0.1) is 0 Å². The molecule has 1 atom stereocenters. The summed E-state index contributed by atoms with van der Waals surface area (Å²) < 4.78 is 5.57. The van der Waals surface area contributed by atoms with Crippen LogP contribution in [0.4, 0.5) is 5.69 Å². The number of para-hydroxylation sites is 1. The van der Waals surface area contributed by atoms with E-state index in [0.29, 0.717) is 16.5 Å². The lowest BCUT2D eigenvalue weighted by atomic mass is 10.2. The van der Waals surface area contributed by atoms with E-state index in [4.69, 9.17) is 22.1 Å². The molecule has 72 valence electrons. The fourth-order valence-corrected chi connectivity index (χ4v) is 1.16. The van der Waals surface area contributed by atoms with Gasteiger partial charge in [-0.3, -0.25) is 0 Å². The Morgan fingerprint density at radius 3 is 2.77 bits per heavy atom. The SMILES string of the molecule is CC[C@H](C)Oc1c(N)cccc1Cl. The van der Waals surface area contributed by atoms with E-state index in [2.05, 4.69) is 6.92 Å². The predicted molar refractivity (Wildman–Crippen MR) is 56.2 cm³/mol. The molecule has 0 radical (unpaired) electrons. The van der Waals surface area contributed by atoms with E-state index in [1.165, 1.54) is 0 Å². The van der Waals surface area contributed by atoms with Crippen molar-refractivity contribution in [1.82, 2.24) is 0 Å². The molecule has 2 N–H and O–H groups in total. The number of nitrogens with two attached hydrogens (primary N) is 1. The van der Waals surface area contributed by atoms with Gasteiger partial charge in [-0.1, -0.05) is 24.6 Å². The lowest BCUT2D eigenvalue weighted by Crippen LogP contribution is -2.11. The highest BCUT2D eigenvalue weighted by Gasteiger charge is 2.08. The lowest BCUT2D eigenvalue weighted by Gasteiger charge is -2.15. The van der Waals surface area contributed by atoms with Crippen molar-refractivity contribution < 1.29 is 4.74 Å². The van der Waals surface area contributed by atoms with Gasteiger partial charge in [0.05, 0.1) is 16.8 Å². The molecule has 2 nitrogen and oxygen atoms in total. The highest BCUT2D eigenvalue weighted by atomic mass is 35.5. The summed E-state index contributed by atoms with van der Waals surface area (Å²) in [7, 11) is 0. The van der Waals surface area contributed by atoms with Crippen LogP contribution < -0.4 is 10.5 Å². The van der Waals surface area contributed by atoms with Gasteiger partial charge in [0.25, 0.3) is 0 Å². The Morgan fingerprint density at radius 2 is 2.23 bits per heavy atom. The van der Waals surface area contributed by atoms with Crippen molar-refractivity contribution in [3.05, 3.63) is 23.2 Å². The predicted octanol–water partition coefficient (Wildman–Crippen LogP) is 3.10. The molecule has 1 rings (SSSR count). The van der Waals surface area contributed by atoms with Gasteiger partial charge in [-0.25, -0.2) is 0 Å². The standard InChI is InChI=1S/C10H14ClNO/c1-3-7(2)13-10-8(11)5-4-6-9(10)12/h4-7H,3,12H2,1-2H3/t7-/m0/s1. The van der Waals surface area contributed by atoms with Crippen LogP contribution in [0.25, 0.3) is 0 Å². The van der Waals surface area contributed by atoms with E-state index in [0.717, 1.165) is 6.42 Å². The molecule has 0 aliphatic carbocycles. The van der Waals surface area contributed by atoms with Crippen LogP contribution >= 0.6 is 11.6 Å². The van der Waals surface area contributed by atoms with Crippen molar-refractivity contribution in [1.29, 1.82) is 0 Å². The summed E-state index contributed by atoms with van der Waals surface area (Å²) in [4.78, 5) is 0. The van der Waals surface area contributed by atoms with E-state index in [1.54, 1.807) is 18.2 Å². The second kappa shape index (κ2) is 4.38. The summed E-state index contributed by atoms with van der Waals surface area (Å²) >= 11 is 5.93. The number of benzene rings is 1. The van der Waals surface area contributed by atoms with Gasteiger partial charge in [0.2, 0.25) is 0 Å². The first kappa shape index (κ1) is 10.2. The first-order chi connectivity index (χ1) is 6.15. The van der Waals surface area contributed by atoms with Gasteiger partial charge < -0.3 is 10.5 Å². The maximum atomic E-state index is 5.93. The van der Waals surface area contributed by atoms with E-state index < -0.39 is 0 Å². The fourth-order valence-electron chi connectivity index (χ4n) is 0.934. The van der Waals surface area contributed by atoms with Gasteiger partial charge in [0, 0.05) is 0 Å². The van der Waals surface area contributed by atoms with Crippen LogP contribution in [0.5, 0.6) is 5.75 Å². The second-order valence-electron chi connectivity index (χ2n) is 2.99. The van der Waals surface area contributed by atoms with Crippen LogP contribution in [-0.4, -0.2) is 6.10 Å². The second-order valence-corrected chi connectivity index (χ2v) is 3.40. The third-order valence-electron chi connectivity index (χ3n) is 1.89. The molecule has 0 aliphatic rings. The van der Waals surface area contributed by atoms with Gasteiger partial charge >= 0.3 is 0 Å². The minimum Gasteiger partial charge on any atom is -0.487 e. The summed E-state index contributed by atoms with van der Waals surface area (Å²) in [6.07, 6.45) is 1.08. The molecule has 0 aromatic heterocycles. The zero-order valence-electron chi connectivity index (χ0n) is 7.88. The molecule has 0 aliphatic heterocycles. The molecule has 1 aromatic rings. The quantitative estimate of drug-likeness (QED) is 0.760. The van der Waals surface area contributed by atoms with Crippen molar-refractivity contribution >= 4 is 17.3 Å². The molecule has 13 heavy (non-hydrogen) atoms. The summed E-state index contributed by atoms with van der Waals surface area (Å²) in [5, 5.41) is 0.570. The van der Waals surface area contributed by atoms with Gasteiger partial charge in [0.15, 0.2) is 5.75 Å². The van der Waals surface area contributed by atoms with Gasteiger partial charge in [-0.2, -0.15) is 0 Å². The van der Waals surface area contributed by atoms with Crippen molar-refractivity contribution in [2.45, 2.75) is 26.4 Å². The fraction of sp³-hybridized carbons (Fsp3) is 0.400. The van der Waals surface area contributed by atoms with E-state index in [1.807, 2.05) is 6.92 Å². The highest BCUT2D eigenvalue weighted by Crippen LogP contribution is 2.31. The largest absolute Gasteiger partial charge is 0.487 e. The van der Waals surface area contributed by atoms with Crippen LogP contribution in [0.2, 0.25) is 5.02 Å². The highest BCUT2D eigenvalue weighted by molar-refractivity contribution is 6.32. The Kier molecular flexibility index (Phi) is 3.43. The normalized spacial score (nSPS) is 12.5. The van der Waals surface area contributed by atoms with Crippen molar-refractivity contribution in [3.63, 3.8) is 0 Å². The van der Waals surface area contributed by atoms with Crippen molar-refractivity contribution in [2.75, 3.05) is 5.73 Å². The van der Waals surface area contributed by atoms with Crippen LogP contribution in [-0.2, 0) is 0 Å². The van der Waals surface area contributed by atoms with Gasteiger partial charge in [-0.05, 0) is 25.5 Å². The first-order valence-corrected chi connectivity index (χ1v) is 4.73. The zero-order chi connectivity index (χ0) is 9.84. The molecule has 0 unspecified atom stereocenters. The van der Waals surface area contributed by atoms with Crippen molar-refractivity contribution in [3.8, 4) is 5.75 Å². The number of hydrogen-bond donors (Lipinski definition) is 1. The molecular weight excluding hydrogens is 186 g/mol. The molecule has 1 aromatic carbocycles. The third kappa shape index (κ3) is 2.52. The van der Waals surface area contributed by atoms with E-state index >= 15 is 0 Å². The third-order valence-corrected chi connectivity index (χ3v) is 2.19. The number of nitrogen functional groups attached to an aromatic ring is 1. The number of rotatable bonds is 3. The Morgan fingerprint density at radius 1 is 1.54 bits per heavy atom. The molecule has 0 spiro atoms. The molecular formula is C10H14ClNO. The minimum atomic E-state index is 0.141. The molecule has 0 saturated carbocycles. The van der Waals surface area contributed by atoms with Gasteiger partial charge in [0.1, 0.15) is 0 Å². The molecule has 0 amide bonds. The smallest absolute Gasteiger partial charge is 0.161 e. The topological polar surface area (TPSA) is 35.2 Å². The summed E-state index contributed by atoms with van der Waals surface area (Å²) in [5.41, 5.74) is 6.31. The number of halogens is 1. The first-order valence-electron chi connectivity index (χ1n) is 4.35. The summed E-state index contributed by atoms with van der Waals surface area (Å²) in [5.74, 6) is 0.596. The maximum absolute atomic E-state index is 5.93.